The summed E-state index contributed by atoms with van der Waals surface area (Å²) in [5, 5.41) is 16.3. The van der Waals surface area contributed by atoms with Crippen LogP contribution in [0.3, 0.4) is 0 Å². The largest absolute Gasteiger partial charge is 0.539 e. The Balaban J connectivity index is 0.000000487. The van der Waals surface area contributed by atoms with Gasteiger partial charge >= 0.3 is 5.97 Å². The second kappa shape index (κ2) is 9.91. The van der Waals surface area contributed by atoms with E-state index in [1.54, 1.807) is 0 Å². The van der Waals surface area contributed by atoms with E-state index < -0.39 is 11.9 Å². The van der Waals surface area contributed by atoms with Crippen LogP contribution in [0.25, 0.3) is 0 Å². The number of nitrogens with zero attached hydrogens (tertiary/aromatic N) is 1. The normalized spacial score (nSPS) is 20.5. The van der Waals surface area contributed by atoms with E-state index in [9.17, 15) is 4.79 Å². The predicted molar refractivity (Wildman–Crippen MR) is 93.8 cm³/mol. The summed E-state index contributed by atoms with van der Waals surface area (Å²) < 4.78 is 0. The van der Waals surface area contributed by atoms with E-state index in [1.807, 2.05) is 18.2 Å². The van der Waals surface area contributed by atoms with Gasteiger partial charge in [0.15, 0.2) is 5.97 Å². The predicted octanol–water partition coefficient (Wildman–Crippen LogP) is -0.344. The highest BCUT2D eigenvalue weighted by molar-refractivity contribution is 6.26. The number of amides is 1. The highest BCUT2D eigenvalue weighted by atomic mass is 16.4. The van der Waals surface area contributed by atoms with Crippen molar-refractivity contribution in [2.75, 3.05) is 19.6 Å². The first-order valence-electron chi connectivity index (χ1n) is 8.93. The van der Waals surface area contributed by atoms with Gasteiger partial charge in [-0.05, 0) is 24.8 Å². The van der Waals surface area contributed by atoms with Crippen LogP contribution in [0.15, 0.2) is 30.3 Å². The van der Waals surface area contributed by atoms with Gasteiger partial charge in [0.2, 0.25) is 5.91 Å². The lowest BCUT2D eigenvalue weighted by Crippen LogP contribution is -2.53. The molecule has 1 fully saturated rings. The second-order valence-corrected chi connectivity index (χ2v) is 6.41. The van der Waals surface area contributed by atoms with Gasteiger partial charge in [0, 0.05) is 19.0 Å². The van der Waals surface area contributed by atoms with Crippen molar-refractivity contribution < 1.29 is 30.3 Å². The molecular formula is C19H28N2O5. The van der Waals surface area contributed by atoms with Crippen molar-refractivity contribution in [2.24, 2.45) is 5.92 Å². The molecule has 144 valence electrons. The number of carbonyl (C=O) groups excluding carboxylic acids is 2. The molecule has 1 aromatic rings. The minimum atomic E-state index is -2.07. The minimum absolute atomic E-state index is 0.284. The topological polar surface area (TPSA) is 125 Å². The number of carboxylic acids is 2. The highest BCUT2D eigenvalue weighted by Gasteiger charge is 2.62. The van der Waals surface area contributed by atoms with Crippen LogP contribution >= 0.6 is 0 Å². The van der Waals surface area contributed by atoms with Crippen LogP contribution in [-0.4, -0.2) is 47.5 Å². The Morgan fingerprint density at radius 1 is 1.19 bits per heavy atom. The molecule has 0 aliphatic heterocycles. The molecule has 1 aliphatic rings. The van der Waals surface area contributed by atoms with Crippen LogP contribution in [0.5, 0.6) is 0 Å². The molecule has 2 rings (SSSR count). The van der Waals surface area contributed by atoms with Gasteiger partial charge in [-0.3, -0.25) is 4.79 Å². The van der Waals surface area contributed by atoms with Crippen molar-refractivity contribution in [2.45, 2.75) is 38.5 Å². The zero-order valence-electron chi connectivity index (χ0n) is 15.4. The van der Waals surface area contributed by atoms with Crippen LogP contribution in [0.4, 0.5) is 0 Å². The van der Waals surface area contributed by atoms with Gasteiger partial charge in [-0.2, -0.15) is 0 Å². The summed E-state index contributed by atoms with van der Waals surface area (Å²) in [5.41, 5.74) is 4.92. The van der Waals surface area contributed by atoms with E-state index in [1.165, 1.54) is 5.56 Å². The third kappa shape index (κ3) is 5.05. The zero-order valence-corrected chi connectivity index (χ0v) is 15.4. The summed E-state index contributed by atoms with van der Waals surface area (Å²) >= 11 is 0. The Kier molecular flexibility index (Phi) is 8.25. The van der Waals surface area contributed by atoms with Crippen molar-refractivity contribution in [3.05, 3.63) is 35.9 Å². The number of aliphatic carboxylic acids is 2. The molecule has 0 bridgehead atoms. The molecule has 1 aliphatic carbocycles. The fourth-order valence-electron chi connectivity index (χ4n) is 3.29. The van der Waals surface area contributed by atoms with Gasteiger partial charge in [-0.25, -0.2) is 4.79 Å². The third-order valence-electron chi connectivity index (χ3n) is 4.57. The van der Waals surface area contributed by atoms with Gasteiger partial charge < -0.3 is 25.6 Å². The first-order chi connectivity index (χ1) is 12.3. The second-order valence-electron chi connectivity index (χ2n) is 6.41. The number of carbonyl (C=O) groups is 3. The van der Waals surface area contributed by atoms with Crippen LogP contribution in [0.1, 0.15) is 38.7 Å². The molecule has 0 spiro atoms. The van der Waals surface area contributed by atoms with Gasteiger partial charge in [0.1, 0.15) is 0 Å². The fourth-order valence-corrected chi connectivity index (χ4v) is 3.29. The molecule has 7 heteroatoms. The first-order valence-corrected chi connectivity index (χ1v) is 8.93. The Hall–Kier alpha value is -2.41. The summed E-state index contributed by atoms with van der Waals surface area (Å²) in [4.78, 5) is 33.2. The van der Waals surface area contributed by atoms with Crippen LogP contribution in [-0.2, 0) is 19.8 Å². The van der Waals surface area contributed by atoms with Crippen LogP contribution in [0, 0.1) is 5.92 Å². The first kappa shape index (κ1) is 21.6. The van der Waals surface area contributed by atoms with E-state index in [4.69, 9.17) is 19.8 Å². The third-order valence-corrected chi connectivity index (χ3v) is 4.57. The van der Waals surface area contributed by atoms with Gasteiger partial charge in [0.05, 0.1) is 12.0 Å². The molecular weight excluding hydrogens is 336 g/mol. The van der Waals surface area contributed by atoms with Crippen molar-refractivity contribution in [3.8, 4) is 0 Å². The maximum atomic E-state index is 13.1. The molecule has 1 aromatic carbocycles. The molecule has 7 nitrogen and oxygen atoms in total. The van der Waals surface area contributed by atoms with E-state index in [-0.39, 0.29) is 5.41 Å². The van der Waals surface area contributed by atoms with Crippen molar-refractivity contribution >= 4 is 17.8 Å². The zero-order chi connectivity index (χ0) is 19.7. The van der Waals surface area contributed by atoms with Crippen LogP contribution < -0.4 is 10.8 Å². The summed E-state index contributed by atoms with van der Waals surface area (Å²) in [7, 11) is 0. The maximum Gasteiger partial charge on any atom is 0.351 e. The molecule has 26 heavy (non-hydrogen) atoms. The van der Waals surface area contributed by atoms with E-state index in [2.05, 4.69) is 36.6 Å². The molecule has 0 aromatic heterocycles. The number of benzene rings is 1. The van der Waals surface area contributed by atoms with Crippen molar-refractivity contribution in [1.29, 1.82) is 0 Å². The monoisotopic (exact) mass is 364 g/mol. The molecule has 2 atom stereocenters. The van der Waals surface area contributed by atoms with E-state index >= 15 is 0 Å². The Bertz CT molecular complexity index is 602. The minimum Gasteiger partial charge on any atom is -0.539 e. The van der Waals surface area contributed by atoms with Crippen molar-refractivity contribution in [3.63, 3.8) is 0 Å². The Morgan fingerprint density at radius 2 is 1.69 bits per heavy atom. The van der Waals surface area contributed by atoms with Gasteiger partial charge in [-0.15, -0.1) is 0 Å². The summed E-state index contributed by atoms with van der Waals surface area (Å²) in [5.74, 6) is -3.28. The maximum absolute atomic E-state index is 13.1. The Morgan fingerprint density at radius 3 is 2.04 bits per heavy atom. The summed E-state index contributed by atoms with van der Waals surface area (Å²) in [6, 6.07) is 10.3. The van der Waals surface area contributed by atoms with E-state index in [0.29, 0.717) is 11.8 Å². The van der Waals surface area contributed by atoms with Gasteiger partial charge in [-0.1, -0.05) is 44.2 Å². The Labute approximate surface area is 153 Å². The lowest BCUT2D eigenvalue weighted by molar-refractivity contribution is -0.373. The smallest absolute Gasteiger partial charge is 0.351 e. The average molecular weight is 364 g/mol. The average Bonchev–Trinajstić information content (AvgIpc) is 3.38. The van der Waals surface area contributed by atoms with Crippen LogP contribution in [0.2, 0.25) is 0 Å². The SMILES string of the molecule is CCCN(CCC)C(=O)C1(c2ccccc2)CC1C[NH3+].O=C([O-])C(=O)O. The number of quaternary nitrogens is 1. The molecule has 0 heterocycles. The molecule has 2 unspecified atom stereocenters. The molecule has 0 saturated heterocycles. The molecule has 4 N–H and O–H groups in total. The van der Waals surface area contributed by atoms with Gasteiger partial charge in [0.25, 0.3) is 0 Å². The summed E-state index contributed by atoms with van der Waals surface area (Å²) in [6.45, 7) is 6.84. The molecule has 1 amide bonds. The fraction of sp³-hybridized carbons (Fsp3) is 0.526. The standard InChI is InChI=1S/C17H26N2O.C2H2O4/c1-3-10-19(11-4-2)16(20)17(12-15(17)13-18)14-8-6-5-7-9-14;3-1(4)2(5)6/h5-9,15H,3-4,10-13,18H2,1-2H3;(H,3,4)(H,5,6). The number of carboxylic acid groups (broad SMARTS) is 2. The highest BCUT2D eigenvalue weighted by Crippen LogP contribution is 2.54. The lowest BCUT2D eigenvalue weighted by Gasteiger charge is -2.28. The number of hydrogen-bond donors (Lipinski definition) is 2. The van der Waals surface area contributed by atoms with Crippen molar-refractivity contribution in [1.82, 2.24) is 4.90 Å². The number of hydrogen-bond acceptors (Lipinski definition) is 4. The number of rotatable bonds is 7. The summed E-state index contributed by atoms with van der Waals surface area (Å²) in [6.07, 6.45) is 3.00. The van der Waals surface area contributed by atoms with E-state index in [0.717, 1.165) is 38.9 Å². The lowest BCUT2D eigenvalue weighted by atomic mass is 9.91. The quantitative estimate of drug-likeness (QED) is 0.640. The molecule has 0 radical (unpaired) electrons. The molecule has 1 saturated carbocycles.